The number of aliphatic hydroxyl groups is 1. The number of Topliss-reactive ketones (excluding diaryl/α,β-unsaturated/α-hetero) is 1. The molecule has 4 rings (SSSR count). The third kappa shape index (κ3) is 4.64. The van der Waals surface area contributed by atoms with Crippen LogP contribution in [-0.4, -0.2) is 63.8 Å². The summed E-state index contributed by atoms with van der Waals surface area (Å²) in [7, 11) is 0. The minimum atomic E-state index is -0.936. The molecule has 0 radical (unpaired) electrons. The molecule has 1 amide bonds. The Bertz CT molecular complexity index is 1200. The molecule has 2 unspecified atom stereocenters. The Kier molecular flexibility index (Phi) is 6.88. The van der Waals surface area contributed by atoms with Crippen LogP contribution in [-0.2, 0) is 16.0 Å². The van der Waals surface area contributed by atoms with E-state index in [9.17, 15) is 24.8 Å². The van der Waals surface area contributed by atoms with Crippen LogP contribution in [0.15, 0.2) is 48.0 Å². The van der Waals surface area contributed by atoms with E-state index >= 15 is 0 Å². The highest BCUT2D eigenvalue weighted by molar-refractivity contribution is 6.46. The van der Waals surface area contributed by atoms with Crippen molar-refractivity contribution in [2.24, 2.45) is 0 Å². The van der Waals surface area contributed by atoms with Crippen LogP contribution in [0.25, 0.3) is 5.76 Å². The van der Waals surface area contributed by atoms with Crippen LogP contribution in [0.1, 0.15) is 43.5 Å². The summed E-state index contributed by atoms with van der Waals surface area (Å²) in [5.74, 6) is -1.10. The fourth-order valence-corrected chi connectivity index (χ4v) is 4.78. The maximum absolute atomic E-state index is 13.2. The van der Waals surface area contributed by atoms with Gasteiger partial charge in [0.25, 0.3) is 17.4 Å². The Morgan fingerprint density at radius 1 is 1.20 bits per heavy atom. The second kappa shape index (κ2) is 9.87. The second-order valence-corrected chi connectivity index (χ2v) is 8.83. The summed E-state index contributed by atoms with van der Waals surface area (Å²) in [6.07, 6.45) is 0.682. The van der Waals surface area contributed by atoms with Crippen molar-refractivity contribution in [3.05, 3.63) is 74.8 Å². The molecule has 1 saturated heterocycles. The van der Waals surface area contributed by atoms with E-state index in [1.807, 2.05) is 20.8 Å². The van der Waals surface area contributed by atoms with E-state index in [0.717, 1.165) is 24.4 Å². The number of likely N-dealkylation sites (N-methyl/N-ethyl adjacent to an activating group) is 1. The summed E-state index contributed by atoms with van der Waals surface area (Å²) in [4.78, 5) is 40.8. The Balaban J connectivity index is 1.82. The number of fused-ring (bicyclic) bond motifs is 1. The van der Waals surface area contributed by atoms with Gasteiger partial charge in [0.15, 0.2) is 0 Å². The molecular formula is C26H29N3O6. The number of amides is 1. The molecule has 0 spiro atoms. The number of aliphatic hydroxyl groups excluding tert-OH is 1. The number of likely N-dealkylation sites (tertiary alicyclic amines) is 1. The third-order valence-corrected chi connectivity index (χ3v) is 6.66. The standard InChI is InChI=1S/C26H29N3O6/c1-4-27(5-2)11-12-28-23(17-7-6-8-20(15-17)29(33)34)22(25(31)26(28)32)24(30)18-9-10-21-19(14-18)13-16(3)35-21/h6-10,14-16,23,30H,4-5,11-13H2,1-3H3/b24-22+. The van der Waals surface area contributed by atoms with Crippen LogP contribution < -0.4 is 4.74 Å². The average molecular weight is 480 g/mol. The number of rotatable bonds is 8. The van der Waals surface area contributed by atoms with Crippen LogP contribution in [0.4, 0.5) is 5.69 Å². The molecule has 2 atom stereocenters. The normalized spacial score (nSPS) is 20.9. The molecular weight excluding hydrogens is 450 g/mol. The highest BCUT2D eigenvalue weighted by Gasteiger charge is 2.46. The van der Waals surface area contributed by atoms with Crippen molar-refractivity contribution in [2.75, 3.05) is 26.2 Å². The first-order valence-corrected chi connectivity index (χ1v) is 11.8. The minimum Gasteiger partial charge on any atom is -0.507 e. The van der Waals surface area contributed by atoms with E-state index in [4.69, 9.17) is 4.74 Å². The number of ketones is 1. The van der Waals surface area contributed by atoms with Gasteiger partial charge in [-0.05, 0) is 49.3 Å². The lowest BCUT2D eigenvalue weighted by Crippen LogP contribution is -2.38. The number of nitro groups is 1. The van der Waals surface area contributed by atoms with E-state index in [1.54, 1.807) is 24.3 Å². The number of non-ortho nitro benzene ring substituents is 1. The molecule has 2 aromatic carbocycles. The number of nitrogens with zero attached hydrogens (tertiary/aromatic N) is 3. The van der Waals surface area contributed by atoms with Crippen LogP contribution in [0.3, 0.4) is 0 Å². The summed E-state index contributed by atoms with van der Waals surface area (Å²) >= 11 is 0. The number of benzene rings is 2. The first-order chi connectivity index (χ1) is 16.7. The summed E-state index contributed by atoms with van der Waals surface area (Å²) in [5.41, 5.74) is 1.49. The largest absolute Gasteiger partial charge is 0.507 e. The van der Waals surface area contributed by atoms with Crippen LogP contribution in [0, 0.1) is 10.1 Å². The van der Waals surface area contributed by atoms with E-state index < -0.39 is 22.7 Å². The van der Waals surface area contributed by atoms with Crippen LogP contribution in [0.2, 0.25) is 0 Å². The Morgan fingerprint density at radius 3 is 2.63 bits per heavy atom. The number of carbonyl (C=O) groups is 2. The van der Waals surface area contributed by atoms with E-state index in [2.05, 4.69) is 4.90 Å². The summed E-state index contributed by atoms with van der Waals surface area (Å²) in [6.45, 7) is 8.28. The molecule has 35 heavy (non-hydrogen) atoms. The number of carbonyl (C=O) groups excluding carboxylic acids is 2. The zero-order chi connectivity index (χ0) is 25.3. The predicted octanol–water partition coefficient (Wildman–Crippen LogP) is 3.68. The molecule has 0 bridgehead atoms. The van der Waals surface area contributed by atoms with Gasteiger partial charge >= 0.3 is 0 Å². The highest BCUT2D eigenvalue weighted by Crippen LogP contribution is 2.41. The fourth-order valence-electron chi connectivity index (χ4n) is 4.78. The monoisotopic (exact) mass is 479 g/mol. The lowest BCUT2D eigenvalue weighted by molar-refractivity contribution is -0.384. The Hall–Kier alpha value is -3.72. The number of ether oxygens (including phenoxy) is 1. The summed E-state index contributed by atoms with van der Waals surface area (Å²) < 4.78 is 5.73. The van der Waals surface area contributed by atoms with Gasteiger partial charge in [-0.2, -0.15) is 0 Å². The zero-order valence-electron chi connectivity index (χ0n) is 20.1. The predicted molar refractivity (Wildman–Crippen MR) is 130 cm³/mol. The first kappa shape index (κ1) is 24.4. The van der Waals surface area contributed by atoms with Crippen molar-refractivity contribution in [3.8, 4) is 5.75 Å². The van der Waals surface area contributed by atoms with Crippen LogP contribution in [0.5, 0.6) is 5.75 Å². The fraction of sp³-hybridized carbons (Fsp3) is 0.385. The van der Waals surface area contributed by atoms with Crippen molar-refractivity contribution < 1.29 is 24.4 Å². The third-order valence-electron chi connectivity index (χ3n) is 6.66. The topological polar surface area (TPSA) is 113 Å². The molecule has 9 nitrogen and oxygen atoms in total. The van der Waals surface area contributed by atoms with Gasteiger partial charge in [-0.25, -0.2) is 0 Å². The minimum absolute atomic E-state index is 0.0120. The Labute approximate surface area is 203 Å². The van der Waals surface area contributed by atoms with Crippen LogP contribution >= 0.6 is 0 Å². The van der Waals surface area contributed by atoms with Gasteiger partial charge in [-0.1, -0.05) is 26.0 Å². The van der Waals surface area contributed by atoms with Gasteiger partial charge in [0.1, 0.15) is 17.6 Å². The molecule has 2 aromatic rings. The van der Waals surface area contributed by atoms with Gasteiger partial charge in [0.05, 0.1) is 16.5 Å². The summed E-state index contributed by atoms with van der Waals surface area (Å²) in [6, 6.07) is 10.1. The van der Waals surface area contributed by atoms with Gasteiger partial charge in [0, 0.05) is 37.2 Å². The second-order valence-electron chi connectivity index (χ2n) is 8.83. The molecule has 2 aliphatic heterocycles. The van der Waals surface area contributed by atoms with Gasteiger partial charge in [0.2, 0.25) is 0 Å². The molecule has 0 saturated carbocycles. The average Bonchev–Trinajstić information content (AvgIpc) is 3.35. The van der Waals surface area contributed by atoms with Gasteiger partial charge in [-0.15, -0.1) is 0 Å². The first-order valence-electron chi connectivity index (χ1n) is 11.8. The number of hydrogen-bond donors (Lipinski definition) is 1. The smallest absolute Gasteiger partial charge is 0.295 e. The quantitative estimate of drug-likeness (QED) is 0.202. The maximum Gasteiger partial charge on any atom is 0.295 e. The molecule has 0 aliphatic carbocycles. The van der Waals surface area contributed by atoms with E-state index in [1.165, 1.54) is 23.1 Å². The number of nitro benzene ring substituents is 1. The molecule has 1 fully saturated rings. The molecule has 184 valence electrons. The zero-order valence-corrected chi connectivity index (χ0v) is 20.1. The molecule has 9 heteroatoms. The van der Waals surface area contributed by atoms with Crippen molar-refractivity contribution in [2.45, 2.75) is 39.3 Å². The molecule has 1 N–H and O–H groups in total. The SMILES string of the molecule is CCN(CC)CCN1C(=O)C(=O)/C(=C(/O)c2ccc3c(c2)CC(C)O3)C1c1cccc([N+](=O)[O-])c1. The van der Waals surface area contributed by atoms with E-state index in [0.29, 0.717) is 24.1 Å². The lowest BCUT2D eigenvalue weighted by Gasteiger charge is -2.28. The number of hydrogen-bond acceptors (Lipinski definition) is 7. The van der Waals surface area contributed by atoms with Crippen molar-refractivity contribution in [1.29, 1.82) is 0 Å². The Morgan fingerprint density at radius 2 is 1.94 bits per heavy atom. The van der Waals surface area contributed by atoms with Crippen molar-refractivity contribution in [3.63, 3.8) is 0 Å². The van der Waals surface area contributed by atoms with Crippen molar-refractivity contribution >= 4 is 23.1 Å². The highest BCUT2D eigenvalue weighted by atomic mass is 16.6. The van der Waals surface area contributed by atoms with E-state index in [-0.39, 0.29) is 29.7 Å². The molecule has 2 heterocycles. The summed E-state index contributed by atoms with van der Waals surface area (Å²) in [5, 5.41) is 22.7. The van der Waals surface area contributed by atoms with Crippen molar-refractivity contribution in [1.82, 2.24) is 9.80 Å². The molecule has 0 aromatic heterocycles. The van der Waals surface area contributed by atoms with Gasteiger partial charge in [-0.3, -0.25) is 19.7 Å². The lowest BCUT2D eigenvalue weighted by atomic mass is 9.94. The van der Waals surface area contributed by atoms with Gasteiger partial charge < -0.3 is 19.6 Å². The molecule has 2 aliphatic rings. The maximum atomic E-state index is 13.2.